The standard InChI is InChI=1S/C10H17N2O14P3S/c1-10(15)7(13)5(24-8(10)12-3-2-6(30)11-9(12)14)4-23-28(19,20)26-29(21,22)25-27(16,17)18/h2-3,5,7-8,13,15H,4H2,1H3,(H,19,20)(H,21,22)(H,11,14,30)(H2,16,17,18)/t5-,7-,8-,10-/m1/s1. The number of phosphoric ester groups is 1. The predicted octanol–water partition coefficient (Wildman–Crippen LogP) is -0.742. The summed E-state index contributed by atoms with van der Waals surface area (Å²) >= 11 is 4.78. The molecule has 2 heterocycles. The van der Waals surface area contributed by atoms with E-state index in [1.54, 1.807) is 0 Å². The number of H-pyrrole nitrogens is 1. The molecular weight excluding hydrogens is 497 g/mol. The first-order valence-corrected chi connectivity index (χ1v) is 12.5. The van der Waals surface area contributed by atoms with Gasteiger partial charge in [-0.15, -0.1) is 0 Å². The van der Waals surface area contributed by atoms with Gasteiger partial charge in [0.15, 0.2) is 6.23 Å². The summed E-state index contributed by atoms with van der Waals surface area (Å²) in [7, 11) is -16.8. The molecule has 16 nitrogen and oxygen atoms in total. The number of nitrogens with one attached hydrogen (secondary N) is 1. The first-order valence-electron chi connectivity index (χ1n) is 7.59. The van der Waals surface area contributed by atoms with Gasteiger partial charge in [-0.3, -0.25) is 14.1 Å². The van der Waals surface area contributed by atoms with Gasteiger partial charge in [0, 0.05) is 6.20 Å². The second-order valence-electron chi connectivity index (χ2n) is 6.10. The molecule has 0 radical (unpaired) electrons. The average Bonchev–Trinajstić information content (AvgIpc) is 2.73. The summed E-state index contributed by atoms with van der Waals surface area (Å²) < 4.78 is 51.4. The molecular formula is C10H17N2O14P3S. The van der Waals surface area contributed by atoms with Crippen molar-refractivity contribution in [3.63, 3.8) is 0 Å². The minimum atomic E-state index is -5.72. The highest BCUT2D eigenvalue weighted by atomic mass is 32.1. The molecule has 0 aliphatic carbocycles. The maximum atomic E-state index is 12.0. The van der Waals surface area contributed by atoms with Crippen molar-refractivity contribution in [3.05, 3.63) is 27.4 Å². The number of hydrogen-bond donors (Lipinski definition) is 7. The Balaban J connectivity index is 2.13. The van der Waals surface area contributed by atoms with E-state index >= 15 is 0 Å². The largest absolute Gasteiger partial charge is 0.490 e. The van der Waals surface area contributed by atoms with Gasteiger partial charge in [0.1, 0.15) is 22.4 Å². The van der Waals surface area contributed by atoms with Crippen LogP contribution in [0, 0.1) is 4.64 Å². The molecule has 1 aromatic rings. The average molecular weight is 514 g/mol. The second kappa shape index (κ2) is 8.73. The fraction of sp³-hybridized carbons (Fsp3) is 0.600. The van der Waals surface area contributed by atoms with Crippen molar-refractivity contribution in [2.75, 3.05) is 6.61 Å². The van der Waals surface area contributed by atoms with Gasteiger partial charge >= 0.3 is 29.2 Å². The maximum absolute atomic E-state index is 12.0. The molecule has 20 heteroatoms. The van der Waals surface area contributed by atoms with Crippen LogP contribution in [0.3, 0.4) is 0 Å². The lowest BCUT2D eigenvalue weighted by atomic mass is 9.96. The number of ether oxygens (including phenoxy) is 1. The highest BCUT2D eigenvalue weighted by molar-refractivity contribution is 7.71. The molecule has 1 aliphatic rings. The van der Waals surface area contributed by atoms with Crippen molar-refractivity contribution >= 4 is 35.7 Å². The van der Waals surface area contributed by atoms with Crippen LogP contribution in [0.5, 0.6) is 0 Å². The van der Waals surface area contributed by atoms with Gasteiger partial charge in [-0.1, -0.05) is 12.2 Å². The number of aromatic amines is 1. The Morgan fingerprint density at radius 3 is 2.37 bits per heavy atom. The summed E-state index contributed by atoms with van der Waals surface area (Å²) in [6.07, 6.45) is -3.67. The highest BCUT2D eigenvalue weighted by Crippen LogP contribution is 2.66. The van der Waals surface area contributed by atoms with E-state index in [0.29, 0.717) is 0 Å². The maximum Gasteiger partial charge on any atom is 0.490 e. The lowest BCUT2D eigenvalue weighted by Gasteiger charge is -2.27. The Hall–Kier alpha value is -0.610. The molecule has 0 saturated carbocycles. The second-order valence-corrected chi connectivity index (χ2v) is 11.0. The molecule has 0 amide bonds. The summed E-state index contributed by atoms with van der Waals surface area (Å²) in [6.45, 7) is 0.0797. The van der Waals surface area contributed by atoms with Gasteiger partial charge in [0.2, 0.25) is 0 Å². The molecule has 7 N–H and O–H groups in total. The van der Waals surface area contributed by atoms with Gasteiger partial charge in [-0.2, -0.15) is 8.62 Å². The van der Waals surface area contributed by atoms with Crippen LogP contribution in [0.15, 0.2) is 17.1 Å². The van der Waals surface area contributed by atoms with Crippen LogP contribution in [-0.4, -0.2) is 63.8 Å². The zero-order valence-electron chi connectivity index (χ0n) is 14.7. The normalized spacial score (nSPS) is 31.2. The van der Waals surface area contributed by atoms with Crippen molar-refractivity contribution in [1.29, 1.82) is 0 Å². The van der Waals surface area contributed by atoms with E-state index < -0.39 is 59.8 Å². The summed E-state index contributed by atoms with van der Waals surface area (Å²) in [4.78, 5) is 49.8. The third-order valence-electron chi connectivity index (χ3n) is 3.68. The van der Waals surface area contributed by atoms with E-state index in [0.717, 1.165) is 17.7 Å². The van der Waals surface area contributed by atoms with Crippen LogP contribution in [0.2, 0.25) is 0 Å². The molecule has 2 unspecified atom stereocenters. The first-order chi connectivity index (χ1) is 13.4. The van der Waals surface area contributed by atoms with Crippen LogP contribution in [0.4, 0.5) is 0 Å². The summed E-state index contributed by atoms with van der Waals surface area (Å²) in [5, 5.41) is 20.7. The molecule has 1 aliphatic heterocycles. The van der Waals surface area contributed by atoms with Crippen LogP contribution in [0.1, 0.15) is 13.2 Å². The highest BCUT2D eigenvalue weighted by Gasteiger charge is 2.54. The van der Waals surface area contributed by atoms with Gasteiger partial charge in [-0.05, 0) is 13.0 Å². The smallest absolute Gasteiger partial charge is 0.387 e. The van der Waals surface area contributed by atoms with E-state index in [9.17, 15) is 33.6 Å². The Morgan fingerprint density at radius 2 is 1.83 bits per heavy atom. The third kappa shape index (κ3) is 6.45. The lowest BCUT2D eigenvalue weighted by molar-refractivity contribution is -0.0986. The van der Waals surface area contributed by atoms with Crippen molar-refractivity contribution in [1.82, 2.24) is 9.55 Å². The number of aliphatic hydroxyl groups is 2. The van der Waals surface area contributed by atoms with E-state index in [1.165, 1.54) is 6.07 Å². The predicted molar refractivity (Wildman–Crippen MR) is 96.2 cm³/mol. The molecule has 172 valence electrons. The van der Waals surface area contributed by atoms with Crippen LogP contribution >= 0.6 is 35.7 Å². The number of nitrogens with zero attached hydrogens (tertiary/aromatic N) is 1. The molecule has 1 aromatic heterocycles. The van der Waals surface area contributed by atoms with Crippen molar-refractivity contribution in [3.8, 4) is 0 Å². The Kier molecular flexibility index (Phi) is 7.46. The number of aliphatic hydroxyl groups excluding tert-OH is 1. The number of hydrogen-bond acceptors (Lipinski definition) is 11. The Morgan fingerprint density at radius 1 is 1.23 bits per heavy atom. The molecule has 30 heavy (non-hydrogen) atoms. The zero-order chi connectivity index (χ0) is 23.1. The third-order valence-corrected chi connectivity index (χ3v) is 7.72. The molecule has 0 spiro atoms. The molecule has 1 saturated heterocycles. The fourth-order valence-electron chi connectivity index (χ4n) is 2.46. The molecule has 6 atom stereocenters. The topological polar surface area (TPSA) is 247 Å². The number of phosphoric acid groups is 3. The van der Waals surface area contributed by atoms with E-state index in [4.69, 9.17) is 31.6 Å². The molecule has 0 bridgehead atoms. The molecule has 1 fully saturated rings. The van der Waals surface area contributed by atoms with Crippen molar-refractivity contribution in [2.45, 2.75) is 31.0 Å². The lowest BCUT2D eigenvalue weighted by Crippen LogP contribution is -2.46. The quantitative estimate of drug-likeness (QED) is 0.167. The Bertz CT molecular complexity index is 1050. The molecule has 0 aromatic carbocycles. The Labute approximate surface area is 172 Å². The molecule has 2 rings (SSSR count). The zero-order valence-corrected chi connectivity index (χ0v) is 18.2. The van der Waals surface area contributed by atoms with Gasteiger partial charge < -0.3 is 34.5 Å². The number of aromatic nitrogens is 2. The van der Waals surface area contributed by atoms with E-state index in [2.05, 4.69) is 18.1 Å². The summed E-state index contributed by atoms with van der Waals surface area (Å²) in [5.74, 6) is 0. The van der Waals surface area contributed by atoms with Crippen LogP contribution < -0.4 is 5.69 Å². The van der Waals surface area contributed by atoms with Gasteiger partial charge in [-0.25, -0.2) is 18.5 Å². The van der Waals surface area contributed by atoms with Gasteiger partial charge in [0.05, 0.1) is 6.61 Å². The van der Waals surface area contributed by atoms with E-state index in [1.807, 2.05) is 0 Å². The first kappa shape index (κ1) is 25.6. The van der Waals surface area contributed by atoms with Gasteiger partial charge in [0.25, 0.3) is 0 Å². The van der Waals surface area contributed by atoms with Crippen molar-refractivity contribution < 1.29 is 61.4 Å². The summed E-state index contributed by atoms with van der Waals surface area (Å²) in [5.41, 5.74) is -2.90. The van der Waals surface area contributed by atoms with Crippen LogP contribution in [-0.2, 0) is 31.6 Å². The minimum absolute atomic E-state index is 0.0821. The number of rotatable bonds is 8. The van der Waals surface area contributed by atoms with E-state index in [-0.39, 0.29) is 4.64 Å². The SMILES string of the molecule is C[C@@]1(O)[C@H](O)[C@@H](COP(=O)(O)OP(=O)(O)OP(=O)(O)O)O[C@H]1n1ccc(=S)[nH]c1=O. The van der Waals surface area contributed by atoms with Crippen molar-refractivity contribution in [2.24, 2.45) is 0 Å². The fourth-order valence-corrected chi connectivity index (χ4v) is 5.64. The monoisotopic (exact) mass is 514 g/mol. The summed E-state index contributed by atoms with van der Waals surface area (Å²) in [6, 6.07) is 1.29. The minimum Gasteiger partial charge on any atom is -0.387 e. The van der Waals surface area contributed by atoms with Crippen LogP contribution in [0.25, 0.3) is 0 Å².